The highest BCUT2D eigenvalue weighted by atomic mass is 16.6. The summed E-state index contributed by atoms with van der Waals surface area (Å²) in [6.07, 6.45) is 1.93. The maximum absolute atomic E-state index is 12.7. The normalized spacial score (nSPS) is 17.4. The molecule has 1 amide bonds. The van der Waals surface area contributed by atoms with Crippen molar-refractivity contribution in [1.82, 2.24) is 4.90 Å². The molecule has 1 atom stereocenters. The van der Waals surface area contributed by atoms with E-state index in [0.717, 1.165) is 35.1 Å². The van der Waals surface area contributed by atoms with Gasteiger partial charge in [0.15, 0.2) is 0 Å². The summed E-state index contributed by atoms with van der Waals surface area (Å²) in [6.45, 7) is 1.80. The summed E-state index contributed by atoms with van der Waals surface area (Å²) < 4.78 is 5.62. The molecule has 0 bridgehead atoms. The summed E-state index contributed by atoms with van der Waals surface area (Å²) in [5.41, 5.74) is 3.36. The van der Waals surface area contributed by atoms with Crippen LogP contribution in [0.4, 0.5) is 4.79 Å². The van der Waals surface area contributed by atoms with Crippen molar-refractivity contribution in [3.8, 4) is 11.1 Å². The quantitative estimate of drug-likeness (QED) is 0.802. The first-order valence-electron chi connectivity index (χ1n) is 9.74. The van der Waals surface area contributed by atoms with Crippen molar-refractivity contribution >= 4 is 12.1 Å². The van der Waals surface area contributed by atoms with Gasteiger partial charge in [-0.1, -0.05) is 61.4 Å². The number of hydrogen-bond donors (Lipinski definition) is 1. The number of likely N-dealkylation sites (N-methyl/N-ethyl adjacent to an activating group) is 1. The molecule has 5 nitrogen and oxygen atoms in total. The van der Waals surface area contributed by atoms with Crippen LogP contribution in [0.5, 0.6) is 0 Å². The van der Waals surface area contributed by atoms with Crippen molar-refractivity contribution in [3.05, 3.63) is 59.7 Å². The molecule has 0 radical (unpaired) electrons. The van der Waals surface area contributed by atoms with Gasteiger partial charge in [0.2, 0.25) is 0 Å². The van der Waals surface area contributed by atoms with E-state index in [-0.39, 0.29) is 12.5 Å². The van der Waals surface area contributed by atoms with E-state index in [0.29, 0.717) is 12.3 Å². The number of rotatable bonds is 6. The number of carboxylic acids is 1. The van der Waals surface area contributed by atoms with Crippen LogP contribution in [0.25, 0.3) is 11.1 Å². The fraction of sp³-hybridized carbons (Fsp3) is 0.391. The highest BCUT2D eigenvalue weighted by molar-refractivity contribution is 5.84. The summed E-state index contributed by atoms with van der Waals surface area (Å²) in [7, 11) is 1.52. The van der Waals surface area contributed by atoms with Crippen molar-refractivity contribution in [3.63, 3.8) is 0 Å². The lowest BCUT2D eigenvalue weighted by molar-refractivity contribution is -0.149. The Morgan fingerprint density at radius 3 is 2.11 bits per heavy atom. The zero-order chi connectivity index (χ0) is 19.9. The second kappa shape index (κ2) is 6.97. The number of amides is 1. The van der Waals surface area contributed by atoms with E-state index in [2.05, 4.69) is 24.3 Å². The predicted molar refractivity (Wildman–Crippen MR) is 106 cm³/mol. The number of aliphatic carboxylic acids is 1. The molecule has 2 aliphatic rings. The Morgan fingerprint density at radius 1 is 1.07 bits per heavy atom. The molecular weight excluding hydrogens is 354 g/mol. The highest BCUT2D eigenvalue weighted by Gasteiger charge is 2.45. The van der Waals surface area contributed by atoms with Gasteiger partial charge in [0, 0.05) is 13.0 Å². The van der Waals surface area contributed by atoms with Crippen molar-refractivity contribution in [2.75, 3.05) is 13.7 Å². The Balaban J connectivity index is 1.51. The fourth-order valence-electron chi connectivity index (χ4n) is 4.14. The number of nitrogens with zero attached hydrogens (tertiary/aromatic N) is 1. The number of carbonyl (C=O) groups excluding carboxylic acids is 1. The van der Waals surface area contributed by atoms with Crippen LogP contribution in [0.3, 0.4) is 0 Å². The van der Waals surface area contributed by atoms with E-state index in [9.17, 15) is 14.7 Å². The number of fused-ring (bicyclic) bond motifs is 3. The number of hydrogen-bond acceptors (Lipinski definition) is 3. The van der Waals surface area contributed by atoms with E-state index in [1.165, 1.54) is 11.9 Å². The molecule has 0 heterocycles. The van der Waals surface area contributed by atoms with E-state index in [1.807, 2.05) is 24.3 Å². The van der Waals surface area contributed by atoms with Crippen molar-refractivity contribution in [2.45, 2.75) is 37.6 Å². The average Bonchev–Trinajstić information content (AvgIpc) is 3.45. The second-order valence-electron chi connectivity index (χ2n) is 8.09. The number of carboxylic acid groups (broad SMARTS) is 1. The number of carbonyl (C=O) groups is 2. The molecular formula is C23H25NO4. The summed E-state index contributed by atoms with van der Waals surface area (Å²) in [6, 6.07) is 16.3. The monoisotopic (exact) mass is 379 g/mol. The third-order valence-corrected chi connectivity index (χ3v) is 6.19. The van der Waals surface area contributed by atoms with E-state index >= 15 is 0 Å². The minimum atomic E-state index is -1.25. The van der Waals surface area contributed by atoms with Crippen LogP contribution in [0.2, 0.25) is 0 Å². The first kappa shape index (κ1) is 18.5. The Labute approximate surface area is 164 Å². The lowest BCUT2D eigenvalue weighted by atomic mass is 9.93. The zero-order valence-corrected chi connectivity index (χ0v) is 16.2. The molecule has 146 valence electrons. The predicted octanol–water partition coefficient (Wildman–Crippen LogP) is 4.51. The van der Waals surface area contributed by atoms with Crippen LogP contribution >= 0.6 is 0 Å². The third-order valence-electron chi connectivity index (χ3n) is 6.19. The number of ether oxygens (including phenoxy) is 1. The SMILES string of the molecule is CN(C(=O)OCC1c2ccccc2-c2ccccc21)C(C)(CC1CC1)C(=O)O. The fourth-order valence-corrected chi connectivity index (χ4v) is 4.14. The van der Waals surface area contributed by atoms with Gasteiger partial charge in [-0.2, -0.15) is 0 Å². The zero-order valence-electron chi connectivity index (χ0n) is 16.2. The summed E-state index contributed by atoms with van der Waals surface area (Å²) >= 11 is 0. The van der Waals surface area contributed by atoms with Gasteiger partial charge < -0.3 is 9.84 Å². The molecule has 1 fully saturated rings. The van der Waals surface area contributed by atoms with Crippen LogP contribution in [0.1, 0.15) is 43.2 Å². The molecule has 4 rings (SSSR count). The maximum Gasteiger partial charge on any atom is 0.410 e. The third kappa shape index (κ3) is 3.15. The summed E-state index contributed by atoms with van der Waals surface area (Å²) in [4.78, 5) is 25.8. The van der Waals surface area contributed by atoms with Gasteiger partial charge in [-0.15, -0.1) is 0 Å². The van der Waals surface area contributed by atoms with Crippen LogP contribution in [-0.2, 0) is 9.53 Å². The Kier molecular flexibility index (Phi) is 4.61. The topological polar surface area (TPSA) is 66.8 Å². The molecule has 0 saturated heterocycles. The van der Waals surface area contributed by atoms with Crippen molar-refractivity contribution in [1.29, 1.82) is 0 Å². The Hall–Kier alpha value is -2.82. The number of benzene rings is 2. The minimum Gasteiger partial charge on any atom is -0.480 e. The van der Waals surface area contributed by atoms with Crippen molar-refractivity contribution < 1.29 is 19.4 Å². The molecule has 0 spiro atoms. The van der Waals surface area contributed by atoms with Gasteiger partial charge in [-0.25, -0.2) is 9.59 Å². The maximum atomic E-state index is 12.7. The molecule has 5 heteroatoms. The first-order chi connectivity index (χ1) is 13.4. The highest BCUT2D eigenvalue weighted by Crippen LogP contribution is 2.44. The average molecular weight is 379 g/mol. The van der Waals surface area contributed by atoms with Gasteiger partial charge in [0.1, 0.15) is 12.1 Å². The van der Waals surface area contributed by atoms with E-state index < -0.39 is 17.6 Å². The van der Waals surface area contributed by atoms with E-state index in [4.69, 9.17) is 4.74 Å². The molecule has 2 aromatic carbocycles. The first-order valence-corrected chi connectivity index (χ1v) is 9.74. The largest absolute Gasteiger partial charge is 0.480 e. The van der Waals surface area contributed by atoms with Gasteiger partial charge in [0.25, 0.3) is 0 Å². The van der Waals surface area contributed by atoms with E-state index in [1.54, 1.807) is 6.92 Å². The summed E-state index contributed by atoms with van der Waals surface area (Å²) in [5.74, 6) is -0.649. The molecule has 1 unspecified atom stereocenters. The van der Waals surface area contributed by atoms with Crippen LogP contribution in [-0.4, -0.2) is 41.3 Å². The van der Waals surface area contributed by atoms with Gasteiger partial charge in [-0.05, 0) is 41.5 Å². The van der Waals surface area contributed by atoms with Crippen molar-refractivity contribution in [2.24, 2.45) is 5.92 Å². The van der Waals surface area contributed by atoms with Crippen LogP contribution in [0, 0.1) is 5.92 Å². The minimum absolute atomic E-state index is 0.0377. The molecule has 0 aromatic heterocycles. The molecule has 2 aromatic rings. The lowest BCUT2D eigenvalue weighted by Crippen LogP contribution is -2.53. The van der Waals surface area contributed by atoms with Crippen LogP contribution in [0.15, 0.2) is 48.5 Å². The van der Waals surface area contributed by atoms with Gasteiger partial charge in [-0.3, -0.25) is 4.90 Å². The molecule has 2 aliphatic carbocycles. The second-order valence-corrected chi connectivity index (χ2v) is 8.09. The smallest absolute Gasteiger partial charge is 0.410 e. The Morgan fingerprint density at radius 2 is 1.61 bits per heavy atom. The Bertz CT molecular complexity index is 875. The summed E-state index contributed by atoms with van der Waals surface area (Å²) in [5, 5.41) is 9.72. The molecule has 1 N–H and O–H groups in total. The molecule has 1 saturated carbocycles. The lowest BCUT2D eigenvalue weighted by Gasteiger charge is -2.34. The standard InChI is InChI=1S/C23H25NO4/c1-23(21(25)26,13-15-11-12-15)24(2)22(27)28-14-20-18-9-5-3-7-16(18)17-8-4-6-10-19(17)20/h3-10,15,20H,11-14H2,1-2H3,(H,25,26). The molecule has 28 heavy (non-hydrogen) atoms. The van der Waals surface area contributed by atoms with Gasteiger partial charge >= 0.3 is 12.1 Å². The van der Waals surface area contributed by atoms with Crippen LogP contribution < -0.4 is 0 Å². The molecule has 0 aliphatic heterocycles. The van der Waals surface area contributed by atoms with Gasteiger partial charge in [0.05, 0.1) is 0 Å².